The normalized spacial score (nSPS) is 21.3. The fourth-order valence-corrected chi connectivity index (χ4v) is 2.92. The number of carbonyl (C=O) groups is 1. The van der Waals surface area contributed by atoms with E-state index in [4.69, 9.17) is 16.3 Å². The first-order valence-electron chi connectivity index (χ1n) is 7.34. The second-order valence-corrected chi connectivity index (χ2v) is 5.95. The fraction of sp³-hybridized carbons (Fsp3) is 0.294. The lowest BCUT2D eigenvalue weighted by Gasteiger charge is -2.38. The third kappa shape index (κ3) is 3.35. The Morgan fingerprint density at radius 1 is 1.39 bits per heavy atom. The standard InChI is InChI=1S/C17H16ClFN2O2/c1-11-10-23-16(14-4-2-3-5-15(14)18)9-21(11)17(22)12-6-13(19)8-20-7-12/h2-8,11,16H,9-10H2,1H3/t11-,16+/m1/s1. The van der Waals surface area contributed by atoms with Crippen LogP contribution in [0.1, 0.15) is 28.9 Å². The lowest BCUT2D eigenvalue weighted by molar-refractivity contribution is -0.0486. The molecule has 0 spiro atoms. The molecule has 0 saturated carbocycles. The van der Waals surface area contributed by atoms with Gasteiger partial charge in [-0.2, -0.15) is 0 Å². The van der Waals surface area contributed by atoms with E-state index in [2.05, 4.69) is 4.98 Å². The third-order valence-corrected chi connectivity index (χ3v) is 4.24. The molecule has 1 saturated heterocycles. The van der Waals surface area contributed by atoms with Crippen LogP contribution in [0.25, 0.3) is 0 Å². The monoisotopic (exact) mass is 334 g/mol. The number of nitrogens with zero attached hydrogens (tertiary/aromatic N) is 2. The number of benzene rings is 1. The highest BCUT2D eigenvalue weighted by Gasteiger charge is 2.32. The maximum absolute atomic E-state index is 13.3. The highest BCUT2D eigenvalue weighted by Crippen LogP contribution is 2.30. The highest BCUT2D eigenvalue weighted by molar-refractivity contribution is 6.31. The number of pyridine rings is 1. The minimum atomic E-state index is -0.528. The van der Waals surface area contributed by atoms with Crippen LogP contribution in [0, 0.1) is 5.82 Å². The number of ether oxygens (including phenoxy) is 1. The van der Waals surface area contributed by atoms with Gasteiger partial charge in [-0.3, -0.25) is 9.78 Å². The van der Waals surface area contributed by atoms with Gasteiger partial charge in [0.25, 0.3) is 5.91 Å². The fourth-order valence-electron chi connectivity index (χ4n) is 2.66. The van der Waals surface area contributed by atoms with Crippen molar-refractivity contribution < 1.29 is 13.9 Å². The van der Waals surface area contributed by atoms with E-state index in [1.165, 1.54) is 12.3 Å². The van der Waals surface area contributed by atoms with Crippen molar-refractivity contribution in [1.82, 2.24) is 9.88 Å². The lowest BCUT2D eigenvalue weighted by atomic mass is 10.0. The van der Waals surface area contributed by atoms with Crippen molar-refractivity contribution in [3.05, 3.63) is 64.7 Å². The highest BCUT2D eigenvalue weighted by atomic mass is 35.5. The van der Waals surface area contributed by atoms with Gasteiger partial charge in [-0.15, -0.1) is 0 Å². The summed E-state index contributed by atoms with van der Waals surface area (Å²) in [5, 5.41) is 0.604. The molecule has 1 aliphatic rings. The van der Waals surface area contributed by atoms with Crippen LogP contribution in [0.15, 0.2) is 42.7 Å². The number of aromatic nitrogens is 1. The van der Waals surface area contributed by atoms with E-state index in [-0.39, 0.29) is 23.6 Å². The molecule has 0 bridgehead atoms. The Bertz CT molecular complexity index is 725. The topological polar surface area (TPSA) is 42.4 Å². The predicted molar refractivity (Wildman–Crippen MR) is 84.8 cm³/mol. The molecular weight excluding hydrogens is 319 g/mol. The molecule has 0 radical (unpaired) electrons. The first kappa shape index (κ1) is 15.9. The second-order valence-electron chi connectivity index (χ2n) is 5.54. The number of halogens is 2. The Morgan fingerprint density at radius 3 is 2.91 bits per heavy atom. The van der Waals surface area contributed by atoms with Crippen LogP contribution >= 0.6 is 11.6 Å². The summed E-state index contributed by atoms with van der Waals surface area (Å²) in [4.78, 5) is 18.1. The Morgan fingerprint density at radius 2 is 2.17 bits per heavy atom. The van der Waals surface area contributed by atoms with Gasteiger partial charge in [0.05, 0.1) is 31.0 Å². The molecule has 4 nitrogen and oxygen atoms in total. The average Bonchev–Trinajstić information content (AvgIpc) is 2.55. The van der Waals surface area contributed by atoms with Crippen LogP contribution in [0.4, 0.5) is 4.39 Å². The first-order valence-corrected chi connectivity index (χ1v) is 7.71. The second kappa shape index (κ2) is 6.64. The molecule has 2 heterocycles. The SMILES string of the molecule is C[C@@H]1CO[C@H](c2ccccc2Cl)CN1C(=O)c1cncc(F)c1. The van der Waals surface area contributed by atoms with Gasteiger partial charge in [0.15, 0.2) is 0 Å². The number of morpholine rings is 1. The van der Waals surface area contributed by atoms with Crippen molar-refractivity contribution >= 4 is 17.5 Å². The summed E-state index contributed by atoms with van der Waals surface area (Å²) in [5.74, 6) is -0.788. The van der Waals surface area contributed by atoms with E-state index in [0.717, 1.165) is 11.8 Å². The van der Waals surface area contributed by atoms with Crippen molar-refractivity contribution in [1.29, 1.82) is 0 Å². The zero-order valence-electron chi connectivity index (χ0n) is 12.6. The summed E-state index contributed by atoms with van der Waals surface area (Å²) in [6.45, 7) is 2.65. The van der Waals surface area contributed by atoms with Crippen molar-refractivity contribution in [2.24, 2.45) is 0 Å². The summed E-state index contributed by atoms with van der Waals surface area (Å²) in [7, 11) is 0. The van der Waals surface area contributed by atoms with Crippen molar-refractivity contribution in [2.45, 2.75) is 19.1 Å². The van der Waals surface area contributed by atoms with E-state index < -0.39 is 5.82 Å². The Labute approximate surface area is 138 Å². The Kier molecular flexibility index (Phi) is 4.59. The predicted octanol–water partition coefficient (Wildman–Crippen LogP) is 3.48. The van der Waals surface area contributed by atoms with E-state index >= 15 is 0 Å². The molecule has 3 rings (SSSR count). The minimum Gasteiger partial charge on any atom is -0.369 e. The molecule has 6 heteroatoms. The molecule has 1 amide bonds. The van der Waals surface area contributed by atoms with Gasteiger partial charge in [-0.25, -0.2) is 4.39 Å². The smallest absolute Gasteiger partial charge is 0.255 e. The van der Waals surface area contributed by atoms with Crippen LogP contribution in [-0.2, 0) is 4.74 Å². The zero-order chi connectivity index (χ0) is 16.4. The summed E-state index contributed by atoms with van der Waals surface area (Å²) in [6, 6.07) is 8.49. The van der Waals surface area contributed by atoms with Gasteiger partial charge >= 0.3 is 0 Å². The Hall–Kier alpha value is -1.98. The maximum Gasteiger partial charge on any atom is 0.255 e. The molecule has 1 aromatic heterocycles. The summed E-state index contributed by atoms with van der Waals surface area (Å²) in [6.07, 6.45) is 2.15. The van der Waals surface area contributed by atoms with E-state index in [1.54, 1.807) is 11.0 Å². The number of rotatable bonds is 2. The van der Waals surface area contributed by atoms with Gasteiger partial charge in [0.1, 0.15) is 11.9 Å². The molecule has 0 aliphatic carbocycles. The van der Waals surface area contributed by atoms with E-state index in [0.29, 0.717) is 18.2 Å². The summed E-state index contributed by atoms with van der Waals surface area (Å²) >= 11 is 6.22. The van der Waals surface area contributed by atoms with Crippen LogP contribution in [0.5, 0.6) is 0 Å². The molecule has 2 aromatic rings. The molecule has 1 aliphatic heterocycles. The average molecular weight is 335 g/mol. The summed E-state index contributed by atoms with van der Waals surface area (Å²) < 4.78 is 19.1. The Balaban J connectivity index is 1.84. The van der Waals surface area contributed by atoms with Gasteiger partial charge in [0.2, 0.25) is 0 Å². The van der Waals surface area contributed by atoms with Crippen molar-refractivity contribution in [3.8, 4) is 0 Å². The van der Waals surface area contributed by atoms with Gasteiger partial charge < -0.3 is 9.64 Å². The van der Waals surface area contributed by atoms with Crippen LogP contribution in [-0.4, -0.2) is 35.0 Å². The molecule has 120 valence electrons. The molecule has 2 atom stereocenters. The largest absolute Gasteiger partial charge is 0.369 e. The van der Waals surface area contributed by atoms with Crippen LogP contribution < -0.4 is 0 Å². The van der Waals surface area contributed by atoms with Crippen molar-refractivity contribution in [3.63, 3.8) is 0 Å². The summed E-state index contributed by atoms with van der Waals surface area (Å²) in [5.41, 5.74) is 1.08. The van der Waals surface area contributed by atoms with Gasteiger partial charge in [-0.1, -0.05) is 29.8 Å². The van der Waals surface area contributed by atoms with E-state index in [1.807, 2.05) is 25.1 Å². The third-order valence-electron chi connectivity index (χ3n) is 3.90. The zero-order valence-corrected chi connectivity index (χ0v) is 13.3. The number of amides is 1. The van der Waals surface area contributed by atoms with Gasteiger partial charge in [0, 0.05) is 16.8 Å². The van der Waals surface area contributed by atoms with Crippen LogP contribution in [0.3, 0.4) is 0 Å². The maximum atomic E-state index is 13.3. The molecule has 0 unspecified atom stereocenters. The number of carbonyl (C=O) groups excluding carboxylic acids is 1. The molecule has 23 heavy (non-hydrogen) atoms. The molecule has 1 aromatic carbocycles. The number of hydrogen-bond acceptors (Lipinski definition) is 3. The van der Waals surface area contributed by atoms with Gasteiger partial charge in [-0.05, 0) is 19.1 Å². The van der Waals surface area contributed by atoms with Crippen LogP contribution in [0.2, 0.25) is 5.02 Å². The first-order chi connectivity index (χ1) is 11.1. The quantitative estimate of drug-likeness (QED) is 0.844. The molecular formula is C17H16ClFN2O2. The lowest BCUT2D eigenvalue weighted by Crippen LogP contribution is -2.48. The molecule has 1 fully saturated rings. The molecule has 0 N–H and O–H groups in total. The number of hydrogen-bond donors (Lipinski definition) is 0. The van der Waals surface area contributed by atoms with Crippen molar-refractivity contribution in [2.75, 3.05) is 13.2 Å². The van der Waals surface area contributed by atoms with E-state index in [9.17, 15) is 9.18 Å². The minimum absolute atomic E-state index is 0.107.